The van der Waals surface area contributed by atoms with Crippen LogP contribution in [0.3, 0.4) is 0 Å². The Morgan fingerprint density at radius 2 is 2.07 bits per heavy atom. The van der Waals surface area contributed by atoms with Gasteiger partial charge in [-0.25, -0.2) is 0 Å². The highest BCUT2D eigenvalue weighted by Crippen LogP contribution is 2.30. The summed E-state index contributed by atoms with van der Waals surface area (Å²) in [4.78, 5) is 26.1. The van der Waals surface area contributed by atoms with E-state index in [0.29, 0.717) is 25.1 Å². The number of hydrogen-bond acceptors (Lipinski definition) is 4. The molecule has 1 aromatic rings. The third kappa shape index (κ3) is 4.91. The molecular weight excluding hydrogens is 363 g/mol. The van der Waals surface area contributed by atoms with Crippen LogP contribution in [-0.2, 0) is 9.59 Å². The smallest absolute Gasteiger partial charge is 0.406 e. The van der Waals surface area contributed by atoms with E-state index < -0.39 is 18.2 Å². The number of carbonyl (C=O) groups excluding carboxylic acids is 2. The predicted molar refractivity (Wildman–Crippen MR) is 92.0 cm³/mol. The van der Waals surface area contributed by atoms with Crippen molar-refractivity contribution in [1.29, 1.82) is 0 Å². The van der Waals surface area contributed by atoms with Gasteiger partial charge in [0.25, 0.3) is 0 Å². The van der Waals surface area contributed by atoms with Crippen molar-refractivity contribution in [3.8, 4) is 5.75 Å². The van der Waals surface area contributed by atoms with Crippen LogP contribution in [0.1, 0.15) is 32.1 Å². The number of nitrogens with one attached hydrogen (secondary N) is 1. The highest BCUT2D eigenvalue weighted by atomic mass is 19.4. The average molecular weight is 385 g/mol. The molecule has 3 atom stereocenters. The summed E-state index contributed by atoms with van der Waals surface area (Å²) in [5, 5.41) is 2.73. The van der Waals surface area contributed by atoms with E-state index in [0.717, 1.165) is 25.3 Å². The second-order valence-electron chi connectivity index (χ2n) is 7.00. The number of alkyl halides is 3. The standard InChI is InChI=1S/C18H22F3N3O3/c19-18(20,21)27-13-5-2-4-12(10-13)24-8-7-15(17(24)26)23-16(25)9-11-3-1-6-14(11)22/h2,4-5,10-11,14-15H,1,3,6-9,22H2,(H,23,25)/t11-,14+,15?/m0/s1. The van der Waals surface area contributed by atoms with Gasteiger partial charge < -0.3 is 20.7 Å². The van der Waals surface area contributed by atoms with Gasteiger partial charge in [0.2, 0.25) is 11.8 Å². The van der Waals surface area contributed by atoms with Gasteiger partial charge >= 0.3 is 6.36 Å². The maximum absolute atomic E-state index is 12.6. The Hall–Kier alpha value is -2.29. The van der Waals surface area contributed by atoms with Gasteiger partial charge in [-0.3, -0.25) is 9.59 Å². The maximum Gasteiger partial charge on any atom is 0.573 e. The minimum Gasteiger partial charge on any atom is -0.406 e. The molecule has 2 aliphatic rings. The molecule has 3 rings (SSSR count). The van der Waals surface area contributed by atoms with Crippen molar-refractivity contribution in [2.45, 2.75) is 50.6 Å². The van der Waals surface area contributed by atoms with Gasteiger partial charge in [-0.15, -0.1) is 13.2 Å². The summed E-state index contributed by atoms with van der Waals surface area (Å²) >= 11 is 0. The zero-order valence-corrected chi connectivity index (χ0v) is 14.7. The fourth-order valence-corrected chi connectivity index (χ4v) is 3.73. The van der Waals surface area contributed by atoms with E-state index >= 15 is 0 Å². The number of amides is 2. The van der Waals surface area contributed by atoms with Gasteiger partial charge in [0.1, 0.15) is 11.8 Å². The van der Waals surface area contributed by atoms with Crippen molar-refractivity contribution in [3.05, 3.63) is 24.3 Å². The van der Waals surface area contributed by atoms with Gasteiger partial charge in [0.05, 0.1) is 0 Å². The van der Waals surface area contributed by atoms with Crippen LogP contribution in [0, 0.1) is 5.92 Å². The number of halogens is 3. The van der Waals surface area contributed by atoms with Crippen LogP contribution >= 0.6 is 0 Å². The molecule has 0 bridgehead atoms. The number of anilines is 1. The van der Waals surface area contributed by atoms with E-state index in [4.69, 9.17) is 5.73 Å². The van der Waals surface area contributed by atoms with Gasteiger partial charge in [0, 0.05) is 30.8 Å². The molecule has 1 saturated heterocycles. The first-order chi connectivity index (χ1) is 12.7. The van der Waals surface area contributed by atoms with Crippen molar-refractivity contribution >= 4 is 17.5 Å². The lowest BCUT2D eigenvalue weighted by molar-refractivity contribution is -0.274. The van der Waals surface area contributed by atoms with Crippen LogP contribution in [0.4, 0.5) is 18.9 Å². The molecule has 0 spiro atoms. The van der Waals surface area contributed by atoms with E-state index in [1.54, 1.807) is 0 Å². The third-order valence-corrected chi connectivity index (χ3v) is 5.07. The van der Waals surface area contributed by atoms with Crippen LogP contribution in [0.25, 0.3) is 0 Å². The number of nitrogens with zero attached hydrogens (tertiary/aromatic N) is 1. The fourth-order valence-electron chi connectivity index (χ4n) is 3.73. The largest absolute Gasteiger partial charge is 0.573 e. The third-order valence-electron chi connectivity index (χ3n) is 5.07. The summed E-state index contributed by atoms with van der Waals surface area (Å²) in [6, 6.07) is 4.58. The molecule has 1 saturated carbocycles. The molecule has 3 N–H and O–H groups in total. The van der Waals surface area contributed by atoms with Crippen molar-refractivity contribution < 1.29 is 27.5 Å². The summed E-state index contributed by atoms with van der Waals surface area (Å²) < 4.78 is 41.0. The number of nitrogens with two attached hydrogens (primary N) is 1. The van der Waals surface area contributed by atoms with Gasteiger partial charge in [0.15, 0.2) is 0 Å². The second-order valence-corrected chi connectivity index (χ2v) is 7.00. The molecule has 1 aliphatic heterocycles. The molecule has 27 heavy (non-hydrogen) atoms. The quantitative estimate of drug-likeness (QED) is 0.815. The number of rotatable bonds is 5. The highest BCUT2D eigenvalue weighted by Gasteiger charge is 2.36. The zero-order chi connectivity index (χ0) is 19.6. The Balaban J connectivity index is 1.59. The van der Waals surface area contributed by atoms with E-state index in [1.807, 2.05) is 0 Å². The lowest BCUT2D eigenvalue weighted by Crippen LogP contribution is -2.42. The monoisotopic (exact) mass is 385 g/mol. The Kier molecular flexibility index (Phi) is 5.59. The van der Waals surface area contributed by atoms with Gasteiger partial charge in [-0.2, -0.15) is 0 Å². The first-order valence-corrected chi connectivity index (χ1v) is 8.95. The van der Waals surface area contributed by atoms with Crippen LogP contribution in [-0.4, -0.2) is 36.8 Å². The average Bonchev–Trinajstić information content (AvgIpc) is 3.13. The summed E-state index contributed by atoms with van der Waals surface area (Å²) in [5.74, 6) is -0.820. The van der Waals surface area contributed by atoms with Crippen LogP contribution < -0.4 is 20.7 Å². The highest BCUT2D eigenvalue weighted by molar-refractivity contribution is 6.01. The van der Waals surface area contributed by atoms with E-state index in [1.165, 1.54) is 23.1 Å². The van der Waals surface area contributed by atoms with Gasteiger partial charge in [-0.05, 0) is 37.3 Å². The summed E-state index contributed by atoms with van der Waals surface area (Å²) in [6.07, 6.45) is -1.29. The number of hydrogen-bond donors (Lipinski definition) is 2. The lowest BCUT2D eigenvalue weighted by atomic mass is 9.99. The summed E-state index contributed by atoms with van der Waals surface area (Å²) in [6.45, 7) is 0.308. The molecule has 0 radical (unpaired) electrons. The minimum absolute atomic E-state index is 0.0166. The molecule has 9 heteroatoms. The first kappa shape index (κ1) is 19.5. The molecule has 1 aromatic carbocycles. The molecular formula is C18H22F3N3O3. The Labute approximate surface area is 154 Å². The Morgan fingerprint density at radius 1 is 1.30 bits per heavy atom. The lowest BCUT2D eigenvalue weighted by Gasteiger charge is -2.19. The first-order valence-electron chi connectivity index (χ1n) is 8.95. The maximum atomic E-state index is 12.6. The molecule has 6 nitrogen and oxygen atoms in total. The van der Waals surface area contributed by atoms with E-state index in [9.17, 15) is 22.8 Å². The number of benzene rings is 1. The molecule has 0 aromatic heterocycles. The molecule has 2 amide bonds. The number of carbonyl (C=O) groups is 2. The topological polar surface area (TPSA) is 84.7 Å². The van der Waals surface area contributed by atoms with Crippen LogP contribution in [0.15, 0.2) is 24.3 Å². The van der Waals surface area contributed by atoms with Crippen molar-refractivity contribution in [3.63, 3.8) is 0 Å². The Bertz CT molecular complexity index is 711. The fraction of sp³-hybridized carbons (Fsp3) is 0.556. The predicted octanol–water partition coefficient (Wildman–Crippen LogP) is 2.32. The Morgan fingerprint density at radius 3 is 2.74 bits per heavy atom. The molecule has 1 aliphatic carbocycles. The summed E-state index contributed by atoms with van der Waals surface area (Å²) in [7, 11) is 0. The van der Waals surface area contributed by atoms with Crippen molar-refractivity contribution in [1.82, 2.24) is 5.32 Å². The normalized spacial score (nSPS) is 25.7. The zero-order valence-electron chi connectivity index (χ0n) is 14.7. The van der Waals surface area contributed by atoms with Crippen LogP contribution in [0.2, 0.25) is 0 Å². The van der Waals surface area contributed by atoms with Crippen LogP contribution in [0.5, 0.6) is 5.75 Å². The number of ether oxygens (including phenoxy) is 1. The minimum atomic E-state index is -4.80. The summed E-state index contributed by atoms with van der Waals surface area (Å²) in [5.41, 5.74) is 6.27. The van der Waals surface area contributed by atoms with E-state index in [-0.39, 0.29) is 23.8 Å². The molecule has 1 heterocycles. The molecule has 148 valence electrons. The SMILES string of the molecule is N[C@@H]1CCC[C@H]1CC(=O)NC1CCN(c2cccc(OC(F)(F)F)c2)C1=O. The van der Waals surface area contributed by atoms with Crippen molar-refractivity contribution in [2.75, 3.05) is 11.4 Å². The molecule has 2 fully saturated rings. The molecule has 1 unspecified atom stereocenters. The van der Waals surface area contributed by atoms with Gasteiger partial charge in [-0.1, -0.05) is 12.5 Å². The second kappa shape index (κ2) is 7.75. The van der Waals surface area contributed by atoms with E-state index in [2.05, 4.69) is 10.1 Å². The van der Waals surface area contributed by atoms with Crippen molar-refractivity contribution in [2.24, 2.45) is 11.7 Å².